The average molecular weight is 360 g/mol. The molecule has 4 rings (SSSR count). The Hall–Kier alpha value is -2.72. The Kier molecular flexibility index (Phi) is 4.90. The number of nitrogens with zero attached hydrogens (tertiary/aromatic N) is 1. The summed E-state index contributed by atoms with van der Waals surface area (Å²) in [5.41, 5.74) is 5.14. The van der Waals surface area contributed by atoms with Gasteiger partial charge in [-0.1, -0.05) is 42.5 Å². The van der Waals surface area contributed by atoms with Gasteiger partial charge in [0.25, 0.3) is 5.91 Å². The van der Waals surface area contributed by atoms with Crippen molar-refractivity contribution in [3.63, 3.8) is 0 Å². The van der Waals surface area contributed by atoms with E-state index >= 15 is 0 Å². The Bertz CT molecular complexity index is 976. The molecule has 0 unspecified atom stereocenters. The first kappa shape index (κ1) is 17.7. The number of rotatable bonds is 6. The molecule has 0 bridgehead atoms. The number of amides is 1. The van der Waals surface area contributed by atoms with E-state index in [9.17, 15) is 4.79 Å². The lowest BCUT2D eigenvalue weighted by molar-refractivity contribution is -0.872. The lowest BCUT2D eigenvalue weighted by Gasteiger charge is -2.14. The van der Waals surface area contributed by atoms with Crippen molar-refractivity contribution in [2.24, 2.45) is 0 Å². The largest absolute Gasteiger partial charge is 0.348 e. The van der Waals surface area contributed by atoms with Gasteiger partial charge in [-0.05, 0) is 30.5 Å². The first-order valence-electron chi connectivity index (χ1n) is 9.65. The smallest absolute Gasteiger partial charge is 0.252 e. The summed E-state index contributed by atoms with van der Waals surface area (Å²) >= 11 is 0. The number of hydrogen-bond acceptors (Lipinski definition) is 2. The van der Waals surface area contributed by atoms with E-state index in [-0.39, 0.29) is 5.91 Å². The molecule has 138 valence electrons. The normalized spacial score (nSPS) is 13.9. The van der Waals surface area contributed by atoms with Crippen LogP contribution in [0.25, 0.3) is 10.9 Å². The van der Waals surface area contributed by atoms with E-state index in [2.05, 4.69) is 37.6 Å². The fourth-order valence-corrected chi connectivity index (χ4v) is 3.53. The van der Waals surface area contributed by atoms with Crippen molar-refractivity contribution >= 4 is 16.8 Å². The summed E-state index contributed by atoms with van der Waals surface area (Å²) < 4.78 is 0. The minimum atomic E-state index is -0.0255. The number of para-hydroxylation sites is 1. The molecule has 2 aromatic carbocycles. The van der Waals surface area contributed by atoms with E-state index in [4.69, 9.17) is 4.98 Å². The van der Waals surface area contributed by atoms with Crippen LogP contribution in [0.1, 0.15) is 45.9 Å². The molecule has 4 nitrogen and oxygen atoms in total. The number of nitrogens with one attached hydrogen (secondary N) is 2. The molecular formula is C23H26N3O+. The van der Waals surface area contributed by atoms with Crippen LogP contribution in [0.3, 0.4) is 0 Å². The van der Waals surface area contributed by atoms with Crippen LogP contribution in [-0.4, -0.2) is 25.0 Å². The van der Waals surface area contributed by atoms with Gasteiger partial charge >= 0.3 is 0 Å². The highest BCUT2D eigenvalue weighted by atomic mass is 16.1. The zero-order chi connectivity index (χ0) is 18.8. The fourth-order valence-electron chi connectivity index (χ4n) is 3.53. The lowest BCUT2D eigenvalue weighted by atomic mass is 10.0. The number of pyridine rings is 1. The second-order valence-electron chi connectivity index (χ2n) is 7.72. The molecule has 0 saturated heterocycles. The molecule has 3 aromatic rings. The number of quaternary nitrogens is 1. The van der Waals surface area contributed by atoms with Crippen molar-refractivity contribution in [3.8, 4) is 0 Å². The van der Waals surface area contributed by atoms with Gasteiger partial charge in [-0.15, -0.1) is 0 Å². The van der Waals surface area contributed by atoms with Gasteiger partial charge < -0.3 is 10.2 Å². The molecule has 1 aromatic heterocycles. The Morgan fingerprint density at radius 3 is 2.52 bits per heavy atom. The van der Waals surface area contributed by atoms with Crippen LogP contribution in [0.15, 0.2) is 54.6 Å². The number of carbonyl (C=O) groups is 1. The Labute approximate surface area is 160 Å². The number of fused-ring (bicyclic) bond motifs is 1. The van der Waals surface area contributed by atoms with Gasteiger partial charge in [0.05, 0.1) is 25.2 Å². The van der Waals surface area contributed by atoms with E-state index in [0.717, 1.165) is 28.7 Å². The third kappa shape index (κ3) is 4.01. The first-order valence-corrected chi connectivity index (χ1v) is 9.65. The van der Waals surface area contributed by atoms with Crippen molar-refractivity contribution in [1.29, 1.82) is 0 Å². The summed E-state index contributed by atoms with van der Waals surface area (Å²) in [5, 5.41) is 4.05. The third-order valence-corrected chi connectivity index (χ3v) is 5.08. The van der Waals surface area contributed by atoms with Gasteiger partial charge in [-0.2, -0.15) is 0 Å². The zero-order valence-electron chi connectivity index (χ0n) is 16.0. The quantitative estimate of drug-likeness (QED) is 0.710. The van der Waals surface area contributed by atoms with E-state index in [0.29, 0.717) is 12.5 Å². The third-order valence-electron chi connectivity index (χ3n) is 5.08. The number of benzene rings is 2. The second-order valence-corrected chi connectivity index (χ2v) is 7.72. The molecule has 1 saturated carbocycles. The van der Waals surface area contributed by atoms with E-state index in [1.54, 1.807) is 0 Å². The van der Waals surface area contributed by atoms with Crippen LogP contribution in [0.5, 0.6) is 0 Å². The molecular weight excluding hydrogens is 334 g/mol. The topological polar surface area (TPSA) is 46.4 Å². The van der Waals surface area contributed by atoms with Gasteiger partial charge in [-0.25, -0.2) is 0 Å². The molecule has 27 heavy (non-hydrogen) atoms. The molecule has 0 spiro atoms. The zero-order valence-corrected chi connectivity index (χ0v) is 16.0. The summed E-state index contributed by atoms with van der Waals surface area (Å²) in [6, 6.07) is 18.2. The van der Waals surface area contributed by atoms with Crippen molar-refractivity contribution in [2.45, 2.75) is 31.8 Å². The van der Waals surface area contributed by atoms with E-state index in [1.807, 2.05) is 36.4 Å². The van der Waals surface area contributed by atoms with E-state index in [1.165, 1.54) is 28.9 Å². The summed E-state index contributed by atoms with van der Waals surface area (Å²) in [7, 11) is 4.27. The van der Waals surface area contributed by atoms with Gasteiger partial charge in [0.15, 0.2) is 0 Å². The molecule has 1 aliphatic rings. The Morgan fingerprint density at radius 2 is 1.78 bits per heavy atom. The van der Waals surface area contributed by atoms with Gasteiger partial charge in [-0.3, -0.25) is 9.78 Å². The SMILES string of the molecule is C[NH+](C)Cc1ccccc1CNC(=O)c1cc(C2CC2)nc2ccccc12. The van der Waals surface area contributed by atoms with Crippen LogP contribution in [0.2, 0.25) is 0 Å². The minimum absolute atomic E-state index is 0.0255. The highest BCUT2D eigenvalue weighted by molar-refractivity contribution is 6.06. The van der Waals surface area contributed by atoms with Crippen molar-refractivity contribution in [2.75, 3.05) is 14.1 Å². The van der Waals surface area contributed by atoms with Crippen LogP contribution in [-0.2, 0) is 13.1 Å². The first-order chi connectivity index (χ1) is 13.1. The number of hydrogen-bond donors (Lipinski definition) is 2. The van der Waals surface area contributed by atoms with Crippen molar-refractivity contribution in [3.05, 3.63) is 77.0 Å². The van der Waals surface area contributed by atoms with Crippen LogP contribution < -0.4 is 10.2 Å². The van der Waals surface area contributed by atoms with Crippen molar-refractivity contribution in [1.82, 2.24) is 10.3 Å². The van der Waals surface area contributed by atoms with Gasteiger partial charge in [0.2, 0.25) is 0 Å². The Balaban J connectivity index is 1.59. The summed E-state index contributed by atoms with van der Waals surface area (Å²) in [5.74, 6) is 0.493. The maximum absolute atomic E-state index is 13.0. The maximum atomic E-state index is 13.0. The molecule has 1 amide bonds. The van der Waals surface area contributed by atoms with E-state index < -0.39 is 0 Å². The molecule has 0 atom stereocenters. The molecule has 1 aliphatic carbocycles. The number of aromatic nitrogens is 1. The predicted molar refractivity (Wildman–Crippen MR) is 108 cm³/mol. The predicted octanol–water partition coefficient (Wildman–Crippen LogP) is 2.69. The monoisotopic (exact) mass is 360 g/mol. The van der Waals surface area contributed by atoms with Gasteiger partial charge in [0.1, 0.15) is 6.54 Å². The minimum Gasteiger partial charge on any atom is -0.348 e. The Morgan fingerprint density at radius 1 is 1.07 bits per heavy atom. The molecule has 1 heterocycles. The molecule has 2 N–H and O–H groups in total. The van der Waals surface area contributed by atoms with Crippen LogP contribution >= 0.6 is 0 Å². The highest BCUT2D eigenvalue weighted by Gasteiger charge is 2.26. The molecule has 0 radical (unpaired) electrons. The summed E-state index contributed by atoms with van der Waals surface area (Å²) in [6.07, 6.45) is 2.35. The summed E-state index contributed by atoms with van der Waals surface area (Å²) in [6.45, 7) is 1.48. The van der Waals surface area contributed by atoms with Crippen LogP contribution in [0, 0.1) is 0 Å². The lowest BCUT2D eigenvalue weighted by Crippen LogP contribution is -3.04. The van der Waals surface area contributed by atoms with Crippen LogP contribution in [0.4, 0.5) is 0 Å². The summed E-state index contributed by atoms with van der Waals surface area (Å²) in [4.78, 5) is 19.1. The van der Waals surface area contributed by atoms with Crippen molar-refractivity contribution < 1.29 is 9.69 Å². The standard InChI is InChI=1S/C23H25N3O/c1-26(2)15-18-8-4-3-7-17(18)14-24-23(27)20-13-22(16-11-12-16)25-21-10-6-5-9-19(20)21/h3-10,13,16H,11-12,14-15H2,1-2H3,(H,24,27)/p+1. The number of carbonyl (C=O) groups excluding carboxylic acids is 1. The highest BCUT2D eigenvalue weighted by Crippen LogP contribution is 2.40. The van der Waals surface area contributed by atoms with Gasteiger partial charge in [0, 0.05) is 29.1 Å². The molecule has 4 heteroatoms. The molecule has 0 aliphatic heterocycles. The fraction of sp³-hybridized carbons (Fsp3) is 0.304. The molecule has 1 fully saturated rings. The maximum Gasteiger partial charge on any atom is 0.252 e. The average Bonchev–Trinajstić information content (AvgIpc) is 3.51. The second kappa shape index (κ2) is 7.49.